The van der Waals surface area contributed by atoms with Gasteiger partial charge in [-0.05, 0) is 48.5 Å². The molecule has 5 rings (SSSR count). The zero-order valence-corrected chi connectivity index (χ0v) is 16.7. The molecule has 0 radical (unpaired) electrons. The zero-order chi connectivity index (χ0) is 20.3. The van der Waals surface area contributed by atoms with Gasteiger partial charge in [-0.15, -0.1) is 11.3 Å². The van der Waals surface area contributed by atoms with Crippen molar-refractivity contribution in [3.8, 4) is 22.8 Å². The number of anilines is 1. The molecule has 0 fully saturated rings. The summed E-state index contributed by atoms with van der Waals surface area (Å²) >= 11 is 1.59. The molecule has 0 saturated heterocycles. The van der Waals surface area contributed by atoms with Crippen molar-refractivity contribution in [1.82, 2.24) is 9.38 Å². The fourth-order valence-corrected chi connectivity index (χ4v) is 3.83. The molecule has 6 heteroatoms. The van der Waals surface area contributed by atoms with E-state index in [1.807, 2.05) is 76.8 Å². The molecule has 146 valence electrons. The average Bonchev–Trinajstić information content (AvgIpc) is 3.38. The normalized spacial score (nSPS) is 10.8. The van der Waals surface area contributed by atoms with E-state index in [9.17, 15) is 4.79 Å². The Morgan fingerprint density at radius 2 is 1.73 bits per heavy atom. The van der Waals surface area contributed by atoms with Crippen molar-refractivity contribution in [3.05, 3.63) is 102 Å². The second-order valence-corrected chi connectivity index (χ2v) is 7.57. The number of para-hydroxylation sites is 1. The van der Waals surface area contributed by atoms with Crippen LogP contribution in [0.3, 0.4) is 0 Å². The monoisotopic (exact) mass is 411 g/mol. The summed E-state index contributed by atoms with van der Waals surface area (Å²) in [6.45, 7) is 0. The van der Waals surface area contributed by atoms with Crippen molar-refractivity contribution < 1.29 is 9.53 Å². The van der Waals surface area contributed by atoms with Crippen molar-refractivity contribution in [1.29, 1.82) is 0 Å². The molecule has 0 unspecified atom stereocenters. The van der Waals surface area contributed by atoms with Crippen LogP contribution in [0.25, 0.3) is 16.2 Å². The van der Waals surface area contributed by atoms with Gasteiger partial charge in [0.1, 0.15) is 11.5 Å². The van der Waals surface area contributed by atoms with Crippen LogP contribution in [0.4, 0.5) is 5.69 Å². The fourth-order valence-electron chi connectivity index (χ4n) is 3.13. The second kappa shape index (κ2) is 7.85. The van der Waals surface area contributed by atoms with Crippen LogP contribution in [0.5, 0.6) is 11.5 Å². The number of hydrogen-bond donors (Lipinski definition) is 1. The van der Waals surface area contributed by atoms with Crippen molar-refractivity contribution in [2.45, 2.75) is 0 Å². The maximum absolute atomic E-state index is 12.7. The highest BCUT2D eigenvalue weighted by atomic mass is 32.1. The van der Waals surface area contributed by atoms with E-state index in [2.05, 4.69) is 10.3 Å². The first-order valence-corrected chi connectivity index (χ1v) is 10.3. The lowest BCUT2D eigenvalue weighted by molar-refractivity contribution is 0.102. The molecule has 0 aliphatic heterocycles. The van der Waals surface area contributed by atoms with Gasteiger partial charge in [0.05, 0.1) is 5.69 Å². The topological polar surface area (TPSA) is 55.6 Å². The minimum absolute atomic E-state index is 0.177. The zero-order valence-electron chi connectivity index (χ0n) is 15.9. The Kier molecular flexibility index (Phi) is 4.75. The van der Waals surface area contributed by atoms with Gasteiger partial charge in [-0.2, -0.15) is 0 Å². The average molecular weight is 411 g/mol. The minimum Gasteiger partial charge on any atom is -0.457 e. The quantitative estimate of drug-likeness (QED) is 0.380. The standard InChI is InChI=1S/C24H17N3O2S/c28-23(17-9-11-21(12-10-17)29-20-7-2-1-3-8-20)25-19-6-4-5-18(15-19)22-16-27-13-14-30-24(27)26-22/h1-16H,(H,25,28). The van der Waals surface area contributed by atoms with Crippen molar-refractivity contribution in [2.24, 2.45) is 0 Å². The van der Waals surface area contributed by atoms with Gasteiger partial charge in [0, 0.05) is 34.6 Å². The number of hydrogen-bond acceptors (Lipinski definition) is 4. The van der Waals surface area contributed by atoms with Crippen LogP contribution in [0, 0.1) is 0 Å². The predicted molar refractivity (Wildman–Crippen MR) is 119 cm³/mol. The molecule has 0 saturated carbocycles. The van der Waals surface area contributed by atoms with Gasteiger partial charge in [-0.3, -0.25) is 9.20 Å². The van der Waals surface area contributed by atoms with E-state index in [4.69, 9.17) is 4.74 Å². The Labute approximate surface area is 177 Å². The number of nitrogens with one attached hydrogen (secondary N) is 1. The number of carbonyl (C=O) groups excluding carboxylic acids is 1. The van der Waals surface area contributed by atoms with Gasteiger partial charge in [-0.1, -0.05) is 30.3 Å². The smallest absolute Gasteiger partial charge is 0.255 e. The molecule has 1 N–H and O–H groups in total. The Bertz CT molecular complexity index is 1280. The van der Waals surface area contributed by atoms with E-state index in [0.29, 0.717) is 11.3 Å². The number of thiazole rings is 1. The number of ether oxygens (including phenoxy) is 1. The lowest BCUT2D eigenvalue weighted by Gasteiger charge is -2.08. The Balaban J connectivity index is 1.30. The molecular formula is C24H17N3O2S. The summed E-state index contributed by atoms with van der Waals surface area (Å²) in [7, 11) is 0. The number of aromatic nitrogens is 2. The van der Waals surface area contributed by atoms with Crippen LogP contribution in [0.2, 0.25) is 0 Å². The van der Waals surface area contributed by atoms with Gasteiger partial charge in [0.2, 0.25) is 0 Å². The van der Waals surface area contributed by atoms with Crippen LogP contribution in [-0.4, -0.2) is 15.3 Å². The van der Waals surface area contributed by atoms with Crippen molar-refractivity contribution in [3.63, 3.8) is 0 Å². The molecule has 0 atom stereocenters. The van der Waals surface area contributed by atoms with Gasteiger partial charge in [0.15, 0.2) is 4.96 Å². The molecule has 0 bridgehead atoms. The number of fused-ring (bicyclic) bond motifs is 1. The Hall–Kier alpha value is -3.90. The fraction of sp³-hybridized carbons (Fsp3) is 0. The van der Waals surface area contributed by atoms with Gasteiger partial charge < -0.3 is 10.1 Å². The van der Waals surface area contributed by atoms with Crippen LogP contribution in [0.15, 0.2) is 96.6 Å². The molecule has 3 aromatic carbocycles. The molecule has 30 heavy (non-hydrogen) atoms. The largest absolute Gasteiger partial charge is 0.457 e. The summed E-state index contributed by atoms with van der Waals surface area (Å²) in [5.41, 5.74) is 3.11. The highest BCUT2D eigenvalue weighted by Gasteiger charge is 2.09. The van der Waals surface area contributed by atoms with Crippen LogP contribution in [0.1, 0.15) is 10.4 Å². The Morgan fingerprint density at radius 3 is 2.53 bits per heavy atom. The minimum atomic E-state index is -0.177. The summed E-state index contributed by atoms with van der Waals surface area (Å²) < 4.78 is 7.76. The molecule has 0 aliphatic carbocycles. The second-order valence-electron chi connectivity index (χ2n) is 6.69. The van der Waals surface area contributed by atoms with E-state index in [0.717, 1.165) is 27.7 Å². The third-order valence-electron chi connectivity index (χ3n) is 4.60. The highest BCUT2D eigenvalue weighted by Crippen LogP contribution is 2.25. The van der Waals surface area contributed by atoms with E-state index >= 15 is 0 Å². The lowest BCUT2D eigenvalue weighted by Crippen LogP contribution is -2.11. The number of carbonyl (C=O) groups is 1. The molecule has 2 aromatic heterocycles. The maximum Gasteiger partial charge on any atom is 0.255 e. The molecule has 5 nitrogen and oxygen atoms in total. The van der Waals surface area contributed by atoms with Crippen LogP contribution >= 0.6 is 11.3 Å². The van der Waals surface area contributed by atoms with Crippen LogP contribution < -0.4 is 10.1 Å². The number of amides is 1. The summed E-state index contributed by atoms with van der Waals surface area (Å²) in [6, 6.07) is 24.3. The summed E-state index contributed by atoms with van der Waals surface area (Å²) in [5, 5.41) is 4.95. The van der Waals surface area contributed by atoms with E-state index in [1.165, 1.54) is 0 Å². The third kappa shape index (κ3) is 3.81. The van der Waals surface area contributed by atoms with E-state index < -0.39 is 0 Å². The molecule has 2 heterocycles. The molecule has 1 amide bonds. The SMILES string of the molecule is O=C(Nc1cccc(-c2cn3ccsc3n2)c1)c1ccc(Oc2ccccc2)cc1. The number of nitrogens with zero attached hydrogens (tertiary/aromatic N) is 2. The van der Waals surface area contributed by atoms with Gasteiger partial charge >= 0.3 is 0 Å². The molecule has 0 spiro atoms. The summed E-state index contributed by atoms with van der Waals surface area (Å²) in [4.78, 5) is 18.2. The first kappa shape index (κ1) is 18.1. The summed E-state index contributed by atoms with van der Waals surface area (Å²) in [5.74, 6) is 1.26. The van der Waals surface area contributed by atoms with E-state index in [1.54, 1.807) is 35.6 Å². The molecule has 0 aliphatic rings. The Morgan fingerprint density at radius 1 is 0.933 bits per heavy atom. The first-order chi connectivity index (χ1) is 14.7. The first-order valence-electron chi connectivity index (χ1n) is 9.41. The number of rotatable bonds is 5. The summed E-state index contributed by atoms with van der Waals surface area (Å²) in [6.07, 6.45) is 3.96. The molecular weight excluding hydrogens is 394 g/mol. The lowest BCUT2D eigenvalue weighted by atomic mass is 10.1. The third-order valence-corrected chi connectivity index (χ3v) is 5.38. The highest BCUT2D eigenvalue weighted by molar-refractivity contribution is 7.15. The maximum atomic E-state index is 12.7. The van der Waals surface area contributed by atoms with Crippen molar-refractivity contribution in [2.75, 3.05) is 5.32 Å². The number of benzene rings is 3. The van der Waals surface area contributed by atoms with Crippen LogP contribution in [-0.2, 0) is 0 Å². The van der Waals surface area contributed by atoms with Gasteiger partial charge in [0.25, 0.3) is 5.91 Å². The molecule has 5 aromatic rings. The van der Waals surface area contributed by atoms with E-state index in [-0.39, 0.29) is 5.91 Å². The van der Waals surface area contributed by atoms with Crippen molar-refractivity contribution >= 4 is 27.9 Å². The van der Waals surface area contributed by atoms with Gasteiger partial charge in [-0.25, -0.2) is 4.98 Å². The predicted octanol–water partition coefficient (Wildman–Crippen LogP) is 6.11. The number of imidazole rings is 1.